The maximum absolute atomic E-state index is 6.22. The molecule has 3 N–H and O–H groups in total. The van der Waals surface area contributed by atoms with Crippen molar-refractivity contribution in [3.63, 3.8) is 0 Å². The van der Waals surface area contributed by atoms with Gasteiger partial charge in [-0.1, -0.05) is 41.4 Å². The maximum Gasteiger partial charge on any atom is 0.122 e. The monoisotopic (exact) mass is 310 g/mol. The van der Waals surface area contributed by atoms with Crippen LogP contribution in [-0.2, 0) is 6.42 Å². The number of para-hydroxylation sites is 1. The fraction of sp³-hybridized carbons (Fsp3) is 0.200. The molecule has 0 saturated heterocycles. The first-order valence-corrected chi connectivity index (χ1v) is 6.94. The van der Waals surface area contributed by atoms with Gasteiger partial charge < -0.3 is 4.74 Å². The summed E-state index contributed by atoms with van der Waals surface area (Å²) < 4.78 is 5.35. The highest BCUT2D eigenvalue weighted by Crippen LogP contribution is 2.30. The van der Waals surface area contributed by atoms with Crippen LogP contribution in [-0.4, -0.2) is 7.11 Å². The molecule has 0 aromatic heterocycles. The van der Waals surface area contributed by atoms with Crippen LogP contribution in [0.3, 0.4) is 0 Å². The van der Waals surface area contributed by atoms with Crippen LogP contribution in [0.2, 0.25) is 10.0 Å². The number of methoxy groups -OCH3 is 1. The molecule has 3 nitrogen and oxygen atoms in total. The molecule has 20 heavy (non-hydrogen) atoms. The number of halogens is 2. The lowest BCUT2D eigenvalue weighted by Crippen LogP contribution is -2.30. The van der Waals surface area contributed by atoms with E-state index < -0.39 is 0 Å². The van der Waals surface area contributed by atoms with E-state index in [0.29, 0.717) is 16.5 Å². The molecular weight excluding hydrogens is 295 g/mol. The predicted molar refractivity (Wildman–Crippen MR) is 83.2 cm³/mol. The summed E-state index contributed by atoms with van der Waals surface area (Å²) >= 11 is 12.3. The first-order valence-electron chi connectivity index (χ1n) is 6.18. The Morgan fingerprint density at radius 1 is 1.20 bits per heavy atom. The molecule has 2 aromatic rings. The van der Waals surface area contributed by atoms with Crippen LogP contribution < -0.4 is 16.0 Å². The average molecular weight is 311 g/mol. The van der Waals surface area contributed by atoms with E-state index in [0.717, 1.165) is 16.9 Å². The number of rotatable bonds is 5. The van der Waals surface area contributed by atoms with E-state index in [4.69, 9.17) is 33.8 Å². The van der Waals surface area contributed by atoms with E-state index in [1.165, 1.54) is 0 Å². The molecule has 0 aliphatic rings. The van der Waals surface area contributed by atoms with Gasteiger partial charge in [0.1, 0.15) is 5.75 Å². The number of nitrogens with two attached hydrogens (primary N) is 1. The van der Waals surface area contributed by atoms with Crippen LogP contribution in [0.15, 0.2) is 42.5 Å². The predicted octanol–water partition coefficient (Wildman–Crippen LogP) is 3.75. The molecule has 1 unspecified atom stereocenters. The van der Waals surface area contributed by atoms with Crippen molar-refractivity contribution in [1.82, 2.24) is 5.43 Å². The van der Waals surface area contributed by atoms with Crippen LogP contribution in [0, 0.1) is 0 Å². The topological polar surface area (TPSA) is 47.3 Å². The Hall–Kier alpha value is -1.26. The third kappa shape index (κ3) is 3.44. The summed E-state index contributed by atoms with van der Waals surface area (Å²) in [6.07, 6.45) is 0.653. The van der Waals surface area contributed by atoms with Crippen molar-refractivity contribution >= 4 is 23.2 Å². The number of hydrogen-bond acceptors (Lipinski definition) is 3. The zero-order chi connectivity index (χ0) is 14.5. The smallest absolute Gasteiger partial charge is 0.122 e. The van der Waals surface area contributed by atoms with Crippen molar-refractivity contribution in [1.29, 1.82) is 0 Å². The third-order valence-electron chi connectivity index (χ3n) is 3.15. The molecule has 1 atom stereocenters. The van der Waals surface area contributed by atoms with Gasteiger partial charge in [0.15, 0.2) is 0 Å². The number of ether oxygens (including phenoxy) is 1. The molecule has 0 heterocycles. The molecule has 0 spiro atoms. The first-order chi connectivity index (χ1) is 9.65. The Balaban J connectivity index is 2.31. The molecule has 106 valence electrons. The molecule has 0 saturated carbocycles. The molecular formula is C15H16Cl2N2O. The molecule has 0 radical (unpaired) electrons. The zero-order valence-electron chi connectivity index (χ0n) is 11.1. The number of hydrogen-bond donors (Lipinski definition) is 2. The highest BCUT2D eigenvalue weighted by atomic mass is 35.5. The minimum atomic E-state index is -0.141. The third-order valence-corrected chi connectivity index (χ3v) is 3.73. The molecule has 2 aromatic carbocycles. The van der Waals surface area contributed by atoms with Gasteiger partial charge in [-0.2, -0.15) is 0 Å². The van der Waals surface area contributed by atoms with E-state index in [2.05, 4.69) is 5.43 Å². The van der Waals surface area contributed by atoms with E-state index in [-0.39, 0.29) is 6.04 Å². The van der Waals surface area contributed by atoms with Gasteiger partial charge in [-0.15, -0.1) is 0 Å². The summed E-state index contributed by atoms with van der Waals surface area (Å²) in [6, 6.07) is 13.0. The van der Waals surface area contributed by atoms with Crippen LogP contribution in [0.25, 0.3) is 0 Å². The second kappa shape index (κ2) is 6.95. The van der Waals surface area contributed by atoms with Crippen LogP contribution in [0.1, 0.15) is 17.2 Å². The SMILES string of the molecule is COc1ccccc1CC(NN)c1cc(Cl)ccc1Cl. The lowest BCUT2D eigenvalue weighted by molar-refractivity contribution is 0.405. The van der Waals surface area contributed by atoms with Crippen LogP contribution in [0.4, 0.5) is 0 Å². The van der Waals surface area contributed by atoms with E-state index >= 15 is 0 Å². The first kappa shape index (κ1) is 15.1. The molecule has 0 bridgehead atoms. The number of benzene rings is 2. The maximum atomic E-state index is 6.22. The van der Waals surface area contributed by atoms with E-state index in [1.807, 2.05) is 30.3 Å². The molecule has 0 fully saturated rings. The van der Waals surface area contributed by atoms with Crippen molar-refractivity contribution in [3.05, 3.63) is 63.6 Å². The van der Waals surface area contributed by atoms with Crippen molar-refractivity contribution in [2.75, 3.05) is 7.11 Å². The number of nitrogens with one attached hydrogen (secondary N) is 1. The second-order valence-electron chi connectivity index (χ2n) is 4.40. The summed E-state index contributed by atoms with van der Waals surface area (Å²) in [5, 5.41) is 1.26. The molecule has 0 aliphatic heterocycles. The average Bonchev–Trinajstić information content (AvgIpc) is 2.48. The van der Waals surface area contributed by atoms with Crippen molar-refractivity contribution < 1.29 is 4.74 Å². The fourth-order valence-electron chi connectivity index (χ4n) is 2.13. The Kier molecular flexibility index (Phi) is 5.26. The van der Waals surface area contributed by atoms with Crippen molar-refractivity contribution in [3.8, 4) is 5.75 Å². The van der Waals surface area contributed by atoms with Gasteiger partial charge in [0, 0.05) is 10.0 Å². The van der Waals surface area contributed by atoms with E-state index in [9.17, 15) is 0 Å². The lowest BCUT2D eigenvalue weighted by Gasteiger charge is -2.19. The Bertz CT molecular complexity index is 590. The van der Waals surface area contributed by atoms with E-state index in [1.54, 1.807) is 19.2 Å². The van der Waals surface area contributed by atoms with Gasteiger partial charge in [-0.3, -0.25) is 11.3 Å². The van der Waals surface area contributed by atoms with Gasteiger partial charge in [-0.05, 0) is 41.8 Å². The van der Waals surface area contributed by atoms with Crippen molar-refractivity contribution in [2.45, 2.75) is 12.5 Å². The minimum Gasteiger partial charge on any atom is -0.496 e. The highest BCUT2D eigenvalue weighted by molar-refractivity contribution is 6.33. The van der Waals surface area contributed by atoms with Gasteiger partial charge in [0.05, 0.1) is 13.2 Å². The molecule has 2 rings (SSSR count). The Labute approximate surface area is 128 Å². The highest BCUT2D eigenvalue weighted by Gasteiger charge is 2.16. The lowest BCUT2D eigenvalue weighted by atomic mass is 9.98. The number of hydrazine groups is 1. The summed E-state index contributed by atoms with van der Waals surface area (Å²) in [5.41, 5.74) is 4.71. The van der Waals surface area contributed by atoms with Gasteiger partial charge in [0.2, 0.25) is 0 Å². The fourth-order valence-corrected chi connectivity index (χ4v) is 2.56. The summed E-state index contributed by atoms with van der Waals surface area (Å²) in [4.78, 5) is 0. The van der Waals surface area contributed by atoms with Gasteiger partial charge in [0.25, 0.3) is 0 Å². The summed E-state index contributed by atoms with van der Waals surface area (Å²) in [5.74, 6) is 6.50. The molecule has 0 amide bonds. The van der Waals surface area contributed by atoms with Gasteiger partial charge >= 0.3 is 0 Å². The molecule has 0 aliphatic carbocycles. The Morgan fingerprint density at radius 2 is 1.95 bits per heavy atom. The van der Waals surface area contributed by atoms with Crippen LogP contribution >= 0.6 is 23.2 Å². The summed E-state index contributed by atoms with van der Waals surface area (Å²) in [7, 11) is 1.65. The van der Waals surface area contributed by atoms with Gasteiger partial charge in [-0.25, -0.2) is 0 Å². The second-order valence-corrected chi connectivity index (χ2v) is 5.24. The largest absolute Gasteiger partial charge is 0.496 e. The standard InChI is InChI=1S/C15H16Cl2N2O/c1-20-15-5-3-2-4-10(15)8-14(19-18)12-9-11(16)6-7-13(12)17/h2-7,9,14,19H,8,18H2,1H3. The quantitative estimate of drug-likeness (QED) is 0.653. The summed E-state index contributed by atoms with van der Waals surface area (Å²) in [6.45, 7) is 0. The van der Waals surface area contributed by atoms with Crippen LogP contribution in [0.5, 0.6) is 5.75 Å². The molecule has 5 heteroatoms. The zero-order valence-corrected chi connectivity index (χ0v) is 12.6. The normalized spacial score (nSPS) is 12.2. The van der Waals surface area contributed by atoms with Crippen molar-refractivity contribution in [2.24, 2.45) is 5.84 Å². The Morgan fingerprint density at radius 3 is 2.65 bits per heavy atom. The minimum absolute atomic E-state index is 0.141.